The third-order valence-corrected chi connectivity index (χ3v) is 3.53. The fourth-order valence-corrected chi connectivity index (χ4v) is 2.14. The SMILES string of the molecule is Cc1cc(F)ccc1NC(=O)/C=C/c1cc(C(F)(F)F)ccc1Cl. The number of carbonyl (C=O) groups is 1. The number of benzene rings is 2. The Morgan fingerprint density at radius 3 is 2.50 bits per heavy atom. The number of nitrogens with one attached hydrogen (secondary N) is 1. The maximum atomic E-state index is 13.0. The van der Waals surface area contributed by atoms with Crippen molar-refractivity contribution in [2.75, 3.05) is 5.32 Å². The Hall–Kier alpha value is -2.34. The lowest BCUT2D eigenvalue weighted by Crippen LogP contribution is -2.09. The first-order valence-electron chi connectivity index (χ1n) is 6.79. The molecule has 1 amide bonds. The molecular formula is C17H12ClF4NO. The summed E-state index contributed by atoms with van der Waals surface area (Å²) >= 11 is 5.84. The zero-order valence-electron chi connectivity index (χ0n) is 12.4. The summed E-state index contributed by atoms with van der Waals surface area (Å²) in [7, 11) is 0. The van der Waals surface area contributed by atoms with Gasteiger partial charge in [-0.1, -0.05) is 11.6 Å². The number of alkyl halides is 3. The van der Waals surface area contributed by atoms with Crippen molar-refractivity contribution in [1.29, 1.82) is 0 Å². The third-order valence-electron chi connectivity index (χ3n) is 3.18. The van der Waals surface area contributed by atoms with Crippen LogP contribution >= 0.6 is 11.6 Å². The molecule has 126 valence electrons. The van der Waals surface area contributed by atoms with Crippen molar-refractivity contribution in [2.24, 2.45) is 0 Å². The average Bonchev–Trinajstić information content (AvgIpc) is 2.48. The fraction of sp³-hybridized carbons (Fsp3) is 0.118. The van der Waals surface area contributed by atoms with Crippen molar-refractivity contribution in [3.63, 3.8) is 0 Å². The van der Waals surface area contributed by atoms with Gasteiger partial charge in [0.25, 0.3) is 0 Å². The van der Waals surface area contributed by atoms with Gasteiger partial charge >= 0.3 is 6.18 Å². The molecule has 0 spiro atoms. The Morgan fingerprint density at radius 2 is 1.88 bits per heavy atom. The number of amides is 1. The number of hydrogen-bond donors (Lipinski definition) is 1. The van der Waals surface area contributed by atoms with E-state index in [1.165, 1.54) is 24.3 Å². The first kappa shape index (κ1) is 18.0. The molecule has 7 heteroatoms. The van der Waals surface area contributed by atoms with E-state index in [0.717, 1.165) is 24.3 Å². The van der Waals surface area contributed by atoms with Crippen LogP contribution in [-0.2, 0) is 11.0 Å². The van der Waals surface area contributed by atoms with E-state index >= 15 is 0 Å². The topological polar surface area (TPSA) is 29.1 Å². The molecule has 0 aromatic heterocycles. The Labute approximate surface area is 140 Å². The van der Waals surface area contributed by atoms with Gasteiger partial charge in [0.05, 0.1) is 5.56 Å². The number of hydrogen-bond acceptors (Lipinski definition) is 1. The molecule has 0 saturated heterocycles. The predicted molar refractivity (Wildman–Crippen MR) is 85.3 cm³/mol. The molecule has 0 saturated carbocycles. The Kier molecular flexibility index (Phi) is 5.29. The normalized spacial score (nSPS) is 11.8. The molecule has 0 radical (unpaired) electrons. The summed E-state index contributed by atoms with van der Waals surface area (Å²) in [5.41, 5.74) is 0.133. The molecule has 2 nitrogen and oxygen atoms in total. The van der Waals surface area contributed by atoms with Crippen molar-refractivity contribution in [2.45, 2.75) is 13.1 Å². The summed E-state index contributed by atoms with van der Waals surface area (Å²) < 4.78 is 51.1. The quantitative estimate of drug-likeness (QED) is 0.573. The second-order valence-corrected chi connectivity index (χ2v) is 5.42. The standard InChI is InChI=1S/C17H12ClF4NO/c1-10-8-13(19)4-6-15(10)23-16(24)7-2-11-9-12(17(20,21)22)3-5-14(11)18/h2-9H,1H3,(H,23,24)/b7-2+. The molecule has 0 bridgehead atoms. The first-order chi connectivity index (χ1) is 11.2. The van der Waals surface area contributed by atoms with Crippen molar-refractivity contribution in [1.82, 2.24) is 0 Å². The van der Waals surface area contributed by atoms with Crippen LogP contribution in [0.15, 0.2) is 42.5 Å². The van der Waals surface area contributed by atoms with Gasteiger partial charge in [0, 0.05) is 16.8 Å². The van der Waals surface area contributed by atoms with Gasteiger partial charge < -0.3 is 5.32 Å². The maximum Gasteiger partial charge on any atom is 0.416 e. The van der Waals surface area contributed by atoms with Gasteiger partial charge in [-0.2, -0.15) is 13.2 Å². The van der Waals surface area contributed by atoms with Crippen LogP contribution in [0.25, 0.3) is 6.08 Å². The van der Waals surface area contributed by atoms with Gasteiger partial charge in [0.15, 0.2) is 0 Å². The molecule has 2 aromatic carbocycles. The van der Waals surface area contributed by atoms with Crippen LogP contribution in [-0.4, -0.2) is 5.91 Å². The van der Waals surface area contributed by atoms with Gasteiger partial charge in [0.1, 0.15) is 5.82 Å². The van der Waals surface area contributed by atoms with E-state index < -0.39 is 23.5 Å². The zero-order valence-corrected chi connectivity index (χ0v) is 13.2. The van der Waals surface area contributed by atoms with Crippen molar-refractivity contribution < 1.29 is 22.4 Å². The molecule has 0 unspecified atom stereocenters. The van der Waals surface area contributed by atoms with Crippen LogP contribution in [0.3, 0.4) is 0 Å². The van der Waals surface area contributed by atoms with Crippen molar-refractivity contribution >= 4 is 29.3 Å². The minimum Gasteiger partial charge on any atom is -0.322 e. The first-order valence-corrected chi connectivity index (χ1v) is 7.16. The molecule has 0 aliphatic rings. The molecule has 0 aliphatic heterocycles. The third kappa shape index (κ3) is 4.58. The summed E-state index contributed by atoms with van der Waals surface area (Å²) in [5.74, 6) is -1.00. The molecule has 0 fully saturated rings. The Bertz CT molecular complexity index is 800. The van der Waals surface area contributed by atoms with Crippen LogP contribution in [0.4, 0.5) is 23.2 Å². The van der Waals surface area contributed by atoms with E-state index in [-0.39, 0.29) is 10.6 Å². The highest BCUT2D eigenvalue weighted by Gasteiger charge is 2.30. The highest BCUT2D eigenvalue weighted by Crippen LogP contribution is 2.32. The number of anilines is 1. The highest BCUT2D eigenvalue weighted by molar-refractivity contribution is 6.32. The van der Waals surface area contributed by atoms with Gasteiger partial charge in [-0.3, -0.25) is 4.79 Å². The molecule has 2 aromatic rings. The van der Waals surface area contributed by atoms with Crippen LogP contribution < -0.4 is 5.32 Å². The largest absolute Gasteiger partial charge is 0.416 e. The minimum atomic E-state index is -4.50. The fourth-order valence-electron chi connectivity index (χ4n) is 1.95. The smallest absolute Gasteiger partial charge is 0.322 e. The summed E-state index contributed by atoms with van der Waals surface area (Å²) in [6.07, 6.45) is -2.25. The molecule has 0 atom stereocenters. The van der Waals surface area contributed by atoms with Crippen molar-refractivity contribution in [3.05, 3.63) is 70.0 Å². The number of aryl methyl sites for hydroxylation is 1. The molecule has 0 heterocycles. The highest BCUT2D eigenvalue weighted by atomic mass is 35.5. The minimum absolute atomic E-state index is 0.0671. The molecule has 1 N–H and O–H groups in total. The molecular weight excluding hydrogens is 346 g/mol. The van der Waals surface area contributed by atoms with Crippen LogP contribution in [0.5, 0.6) is 0 Å². The van der Waals surface area contributed by atoms with Crippen LogP contribution in [0, 0.1) is 12.7 Å². The second-order valence-electron chi connectivity index (χ2n) is 5.02. The summed E-state index contributed by atoms with van der Waals surface area (Å²) in [6, 6.07) is 6.68. The molecule has 0 aliphatic carbocycles. The lowest BCUT2D eigenvalue weighted by molar-refractivity contribution is -0.137. The molecule has 24 heavy (non-hydrogen) atoms. The summed E-state index contributed by atoms with van der Waals surface area (Å²) in [5, 5.41) is 2.60. The monoisotopic (exact) mass is 357 g/mol. The second kappa shape index (κ2) is 7.05. The average molecular weight is 358 g/mol. The Morgan fingerprint density at radius 1 is 1.17 bits per heavy atom. The summed E-state index contributed by atoms with van der Waals surface area (Å²) in [6.45, 7) is 1.62. The summed E-state index contributed by atoms with van der Waals surface area (Å²) in [4.78, 5) is 11.9. The van der Waals surface area contributed by atoms with Gasteiger partial charge in [-0.05, 0) is 60.5 Å². The number of rotatable bonds is 3. The van der Waals surface area contributed by atoms with E-state index in [4.69, 9.17) is 11.6 Å². The Balaban J connectivity index is 2.17. The lowest BCUT2D eigenvalue weighted by atomic mass is 10.1. The van der Waals surface area contributed by atoms with E-state index in [9.17, 15) is 22.4 Å². The molecule has 2 rings (SSSR count). The van der Waals surface area contributed by atoms with Gasteiger partial charge in [-0.25, -0.2) is 4.39 Å². The number of carbonyl (C=O) groups excluding carboxylic acids is 1. The van der Waals surface area contributed by atoms with Crippen LogP contribution in [0.1, 0.15) is 16.7 Å². The lowest BCUT2D eigenvalue weighted by Gasteiger charge is -2.08. The predicted octanol–water partition coefficient (Wildman–Crippen LogP) is 5.46. The maximum absolute atomic E-state index is 13.0. The van der Waals surface area contributed by atoms with Gasteiger partial charge in [-0.15, -0.1) is 0 Å². The van der Waals surface area contributed by atoms with Gasteiger partial charge in [0.2, 0.25) is 5.91 Å². The number of halogens is 5. The van der Waals surface area contributed by atoms with E-state index in [2.05, 4.69) is 5.32 Å². The van der Waals surface area contributed by atoms with E-state index in [0.29, 0.717) is 11.3 Å². The van der Waals surface area contributed by atoms with Crippen molar-refractivity contribution in [3.8, 4) is 0 Å². The zero-order chi connectivity index (χ0) is 17.9. The van der Waals surface area contributed by atoms with E-state index in [1.54, 1.807) is 6.92 Å². The van der Waals surface area contributed by atoms with E-state index in [1.807, 2.05) is 0 Å². The van der Waals surface area contributed by atoms with Crippen LogP contribution in [0.2, 0.25) is 5.02 Å².